The minimum absolute atomic E-state index is 0.0437. The van der Waals surface area contributed by atoms with Gasteiger partial charge in [-0.2, -0.15) is 0 Å². The van der Waals surface area contributed by atoms with Crippen LogP contribution in [0.25, 0.3) is 5.69 Å². The normalized spacial score (nSPS) is 17.4. The Hall–Kier alpha value is -3.96. The number of Topliss-reactive ketones (excluding diaryl/α,β-unsaturated/α-hetero) is 1. The Morgan fingerprint density at radius 2 is 1.86 bits per heavy atom. The van der Waals surface area contributed by atoms with Crippen molar-refractivity contribution in [3.63, 3.8) is 0 Å². The Morgan fingerprint density at radius 3 is 2.57 bits per heavy atom. The van der Waals surface area contributed by atoms with Gasteiger partial charge >= 0.3 is 5.97 Å². The number of benzene rings is 2. The molecule has 0 unspecified atom stereocenters. The lowest BCUT2D eigenvalue weighted by atomic mass is 9.98. The van der Waals surface area contributed by atoms with Crippen LogP contribution in [0.4, 0.5) is 0 Å². The molecule has 1 aliphatic heterocycles. The summed E-state index contributed by atoms with van der Waals surface area (Å²) >= 11 is 6.52. The minimum atomic E-state index is -0.642. The number of amides is 1. The second kappa shape index (κ2) is 12.9. The summed E-state index contributed by atoms with van der Waals surface area (Å²) in [5, 5.41) is 12.2. The second-order valence-corrected chi connectivity index (χ2v) is 10.6. The van der Waals surface area contributed by atoms with Gasteiger partial charge in [0.2, 0.25) is 5.91 Å². The van der Waals surface area contributed by atoms with Crippen LogP contribution < -0.4 is 14.8 Å². The van der Waals surface area contributed by atoms with Gasteiger partial charge in [-0.05, 0) is 50.5 Å². The van der Waals surface area contributed by atoms with E-state index in [4.69, 9.17) is 30.5 Å². The van der Waals surface area contributed by atoms with Gasteiger partial charge in [-0.25, -0.2) is 0 Å². The van der Waals surface area contributed by atoms with Gasteiger partial charge in [0.05, 0.1) is 33.1 Å². The SMILES string of the molecule is CCOC(=O)CC(=O)CNC(=O)CC[C@H]1O[C@H](c2cccc(OC)c2OC)c2cc(Cl)ccc2-n2c(C3CC3)nnc21. The van der Waals surface area contributed by atoms with Gasteiger partial charge in [0.25, 0.3) is 0 Å². The number of aromatic nitrogens is 3. The van der Waals surface area contributed by atoms with Crippen molar-refractivity contribution in [2.75, 3.05) is 27.4 Å². The highest BCUT2D eigenvalue weighted by atomic mass is 35.5. The van der Waals surface area contributed by atoms with Crippen molar-refractivity contribution in [3.05, 3.63) is 64.2 Å². The summed E-state index contributed by atoms with van der Waals surface area (Å²) < 4.78 is 24.9. The molecule has 11 nitrogen and oxygen atoms in total. The summed E-state index contributed by atoms with van der Waals surface area (Å²) in [6.45, 7) is 1.58. The van der Waals surface area contributed by atoms with Gasteiger partial charge in [-0.3, -0.25) is 19.0 Å². The third-order valence-electron chi connectivity index (χ3n) is 7.24. The molecule has 0 spiro atoms. The number of para-hydroxylation sites is 1. The molecule has 2 heterocycles. The first kappa shape index (κ1) is 29.5. The number of esters is 1. The maximum Gasteiger partial charge on any atom is 0.313 e. The van der Waals surface area contributed by atoms with Crippen LogP contribution in [0.5, 0.6) is 11.5 Å². The summed E-state index contributed by atoms with van der Waals surface area (Å²) in [4.78, 5) is 36.5. The maximum atomic E-state index is 12.8. The van der Waals surface area contributed by atoms with Crippen LogP contribution in [0, 0.1) is 0 Å². The molecular formula is C30H33ClN4O7. The van der Waals surface area contributed by atoms with Gasteiger partial charge in [0.1, 0.15) is 24.5 Å². The number of halogens is 1. The summed E-state index contributed by atoms with van der Waals surface area (Å²) in [5.41, 5.74) is 2.37. The number of ketones is 1. The van der Waals surface area contributed by atoms with E-state index in [1.807, 2.05) is 41.0 Å². The highest BCUT2D eigenvalue weighted by molar-refractivity contribution is 6.30. The van der Waals surface area contributed by atoms with E-state index in [1.165, 1.54) is 0 Å². The van der Waals surface area contributed by atoms with Crippen molar-refractivity contribution in [2.24, 2.45) is 0 Å². The van der Waals surface area contributed by atoms with Gasteiger partial charge in [0, 0.05) is 28.5 Å². The van der Waals surface area contributed by atoms with Gasteiger partial charge < -0.3 is 24.3 Å². The van der Waals surface area contributed by atoms with Crippen LogP contribution in [0.3, 0.4) is 0 Å². The lowest BCUT2D eigenvalue weighted by Gasteiger charge is -2.25. The molecule has 1 aromatic heterocycles. The fourth-order valence-corrected chi connectivity index (χ4v) is 5.33. The van der Waals surface area contributed by atoms with Crippen molar-refractivity contribution in [1.82, 2.24) is 20.1 Å². The fourth-order valence-electron chi connectivity index (χ4n) is 5.15. The lowest BCUT2D eigenvalue weighted by Crippen LogP contribution is -2.31. The third kappa shape index (κ3) is 6.27. The van der Waals surface area contributed by atoms with Crippen LogP contribution in [0.15, 0.2) is 36.4 Å². The number of nitrogens with zero attached hydrogens (tertiary/aromatic N) is 3. The number of fused-ring (bicyclic) bond motifs is 3. The number of carbonyl (C=O) groups is 3. The number of nitrogens with one attached hydrogen (secondary N) is 1. The highest BCUT2D eigenvalue weighted by Crippen LogP contribution is 2.48. The number of ether oxygens (including phenoxy) is 4. The predicted molar refractivity (Wildman–Crippen MR) is 152 cm³/mol. The predicted octanol–water partition coefficient (Wildman–Crippen LogP) is 4.39. The van der Waals surface area contributed by atoms with E-state index >= 15 is 0 Å². The molecule has 1 saturated carbocycles. The molecule has 222 valence electrons. The van der Waals surface area contributed by atoms with Crippen molar-refractivity contribution >= 4 is 29.3 Å². The van der Waals surface area contributed by atoms with Crippen LogP contribution in [0.1, 0.15) is 79.9 Å². The van der Waals surface area contributed by atoms with E-state index in [0.717, 1.165) is 35.5 Å². The first-order valence-corrected chi connectivity index (χ1v) is 14.3. The van der Waals surface area contributed by atoms with E-state index in [2.05, 4.69) is 15.5 Å². The Balaban J connectivity index is 1.46. The van der Waals surface area contributed by atoms with Crippen molar-refractivity contribution in [2.45, 2.75) is 57.2 Å². The summed E-state index contributed by atoms with van der Waals surface area (Å²) in [6, 6.07) is 11.2. The Bertz CT molecular complexity index is 1490. The highest BCUT2D eigenvalue weighted by Gasteiger charge is 2.39. The zero-order valence-electron chi connectivity index (χ0n) is 23.7. The lowest BCUT2D eigenvalue weighted by molar-refractivity contribution is -0.145. The van der Waals surface area contributed by atoms with Crippen molar-refractivity contribution < 1.29 is 33.3 Å². The first-order valence-electron chi connectivity index (χ1n) is 13.9. The smallest absolute Gasteiger partial charge is 0.313 e. The molecule has 12 heteroatoms. The van der Waals surface area contributed by atoms with E-state index in [1.54, 1.807) is 21.1 Å². The quantitative estimate of drug-likeness (QED) is 0.239. The van der Waals surface area contributed by atoms with E-state index in [0.29, 0.717) is 22.3 Å². The molecule has 42 heavy (non-hydrogen) atoms. The number of rotatable bonds is 12. The molecule has 3 aromatic rings. The van der Waals surface area contributed by atoms with Gasteiger partial charge in [0.15, 0.2) is 23.1 Å². The number of hydrogen-bond acceptors (Lipinski definition) is 9. The molecule has 1 aliphatic carbocycles. The zero-order chi connectivity index (χ0) is 29.8. The molecule has 0 saturated heterocycles. The monoisotopic (exact) mass is 596 g/mol. The van der Waals surface area contributed by atoms with Crippen LogP contribution in [-0.2, 0) is 23.9 Å². The number of carbonyl (C=O) groups excluding carboxylic acids is 3. The van der Waals surface area contributed by atoms with Crippen LogP contribution >= 0.6 is 11.6 Å². The second-order valence-electron chi connectivity index (χ2n) is 10.2. The molecular weight excluding hydrogens is 564 g/mol. The molecule has 2 aliphatic rings. The molecule has 1 amide bonds. The fraction of sp³-hybridized carbons (Fsp3) is 0.433. The van der Waals surface area contributed by atoms with Crippen LogP contribution in [0.2, 0.25) is 5.02 Å². The van der Waals surface area contributed by atoms with Crippen LogP contribution in [-0.4, -0.2) is 59.8 Å². The van der Waals surface area contributed by atoms with E-state index in [9.17, 15) is 14.4 Å². The number of methoxy groups -OCH3 is 2. The standard InChI is InChI=1S/C30H33ClN4O7/c1-4-41-26(38)15-19(36)16-32-25(37)13-12-24-30-34-33-29(17-8-9-17)35(30)22-11-10-18(31)14-21(22)27(42-24)20-6-5-7-23(39-2)28(20)40-3/h5-7,10-11,14,17,24,27H,4,8-9,12-13,15-16H2,1-3H3,(H,32,37)/t24-,27-/m1/s1. The molecule has 2 atom stereocenters. The molecule has 0 bridgehead atoms. The average Bonchev–Trinajstić information content (AvgIpc) is 3.76. The van der Waals surface area contributed by atoms with Gasteiger partial charge in [-0.15, -0.1) is 10.2 Å². The van der Waals surface area contributed by atoms with E-state index < -0.39 is 30.4 Å². The first-order chi connectivity index (χ1) is 20.3. The minimum Gasteiger partial charge on any atom is -0.493 e. The Labute approximate surface area is 248 Å². The summed E-state index contributed by atoms with van der Waals surface area (Å²) in [5.74, 6) is 1.37. The number of hydrogen-bond donors (Lipinski definition) is 1. The average molecular weight is 597 g/mol. The summed E-state index contributed by atoms with van der Waals surface area (Å²) in [7, 11) is 3.14. The molecule has 2 aromatic carbocycles. The topological polar surface area (TPSA) is 131 Å². The molecule has 1 fully saturated rings. The Kier molecular flexibility index (Phi) is 9.08. The molecule has 0 radical (unpaired) electrons. The maximum absolute atomic E-state index is 12.8. The zero-order valence-corrected chi connectivity index (χ0v) is 24.5. The summed E-state index contributed by atoms with van der Waals surface area (Å²) in [6.07, 6.45) is 0.657. The molecule has 5 rings (SSSR count). The van der Waals surface area contributed by atoms with E-state index in [-0.39, 0.29) is 37.8 Å². The largest absolute Gasteiger partial charge is 0.493 e. The van der Waals surface area contributed by atoms with Gasteiger partial charge in [-0.1, -0.05) is 23.7 Å². The molecule has 1 N–H and O–H groups in total. The Morgan fingerprint density at radius 1 is 1.07 bits per heavy atom. The third-order valence-corrected chi connectivity index (χ3v) is 7.47. The van der Waals surface area contributed by atoms with Crippen molar-refractivity contribution in [1.29, 1.82) is 0 Å². The van der Waals surface area contributed by atoms with Crippen molar-refractivity contribution in [3.8, 4) is 17.2 Å².